The summed E-state index contributed by atoms with van der Waals surface area (Å²) in [4.78, 5) is 8.79. The molecular weight excluding hydrogens is 338 g/mol. The summed E-state index contributed by atoms with van der Waals surface area (Å²) in [5.74, 6) is 0.0747. The van der Waals surface area contributed by atoms with Crippen LogP contribution in [0.25, 0.3) is 27.8 Å². The van der Waals surface area contributed by atoms with Gasteiger partial charge in [0, 0.05) is 17.6 Å². The van der Waals surface area contributed by atoms with E-state index in [1.807, 2.05) is 25.1 Å². The highest BCUT2D eigenvalue weighted by molar-refractivity contribution is 6.41. The van der Waals surface area contributed by atoms with Crippen LogP contribution in [0.2, 0.25) is 10.0 Å². The number of hydrogen-bond acceptors (Lipinski definition) is 3. The van der Waals surface area contributed by atoms with Crippen molar-refractivity contribution in [1.82, 2.24) is 19.7 Å². The fraction of sp³-hybridized carbons (Fsp3) is 0.0625. The highest BCUT2D eigenvalue weighted by Gasteiger charge is 2.18. The van der Waals surface area contributed by atoms with Gasteiger partial charge >= 0.3 is 0 Å². The number of pyridine rings is 2. The monoisotopic (exact) mass is 346 g/mol. The second kappa shape index (κ2) is 5.15. The van der Waals surface area contributed by atoms with Crippen molar-refractivity contribution in [3.8, 4) is 5.82 Å². The van der Waals surface area contributed by atoms with Gasteiger partial charge in [-0.2, -0.15) is 9.78 Å². The van der Waals surface area contributed by atoms with Crippen molar-refractivity contribution in [2.75, 3.05) is 0 Å². The number of aromatic nitrogens is 4. The Labute approximate surface area is 140 Å². The van der Waals surface area contributed by atoms with E-state index in [1.165, 1.54) is 12.1 Å². The minimum atomic E-state index is -0.539. The van der Waals surface area contributed by atoms with Crippen LogP contribution in [0.4, 0.5) is 4.39 Å². The average molecular weight is 347 g/mol. The average Bonchev–Trinajstić information content (AvgIpc) is 2.87. The molecule has 0 aliphatic rings. The maximum absolute atomic E-state index is 13.8. The molecule has 0 amide bonds. The fourth-order valence-electron chi connectivity index (χ4n) is 2.57. The summed E-state index contributed by atoms with van der Waals surface area (Å²) in [5.41, 5.74) is 1.66. The summed E-state index contributed by atoms with van der Waals surface area (Å²) < 4.78 is 15.4. The zero-order valence-corrected chi connectivity index (χ0v) is 13.4. The maximum Gasteiger partial charge on any atom is 0.167 e. The zero-order valence-electron chi connectivity index (χ0n) is 11.9. The minimum Gasteiger partial charge on any atom is -0.237 e. The SMILES string of the molecule is Cc1nn(-c2ccccn2)c2nc3cc(F)c(Cl)cc3c(Cl)c12. The first kappa shape index (κ1) is 14.4. The smallest absolute Gasteiger partial charge is 0.167 e. The summed E-state index contributed by atoms with van der Waals surface area (Å²) >= 11 is 12.4. The molecule has 0 atom stereocenters. The lowest BCUT2D eigenvalue weighted by Gasteiger charge is -2.06. The van der Waals surface area contributed by atoms with Crippen molar-refractivity contribution < 1.29 is 4.39 Å². The van der Waals surface area contributed by atoms with Crippen LogP contribution in [0.5, 0.6) is 0 Å². The minimum absolute atomic E-state index is 0.00956. The first-order chi connectivity index (χ1) is 11.1. The van der Waals surface area contributed by atoms with Gasteiger partial charge in [-0.15, -0.1) is 0 Å². The van der Waals surface area contributed by atoms with E-state index in [9.17, 15) is 4.39 Å². The molecule has 1 aromatic carbocycles. The van der Waals surface area contributed by atoms with Gasteiger partial charge < -0.3 is 0 Å². The molecule has 0 saturated heterocycles. The predicted octanol–water partition coefficient (Wildman–Crippen LogP) is 4.72. The quantitative estimate of drug-likeness (QED) is 0.500. The standard InChI is InChI=1S/C16H9Cl2FN4/c1-8-14-15(18)9-6-10(17)11(19)7-12(9)21-16(14)23(22-8)13-4-2-3-5-20-13/h2-7H,1H3. The molecule has 0 bridgehead atoms. The second-order valence-corrected chi connectivity index (χ2v) is 5.88. The van der Waals surface area contributed by atoms with Crippen molar-refractivity contribution in [3.63, 3.8) is 0 Å². The van der Waals surface area contributed by atoms with Gasteiger partial charge in [-0.3, -0.25) is 0 Å². The number of benzene rings is 1. The van der Waals surface area contributed by atoms with E-state index in [-0.39, 0.29) is 5.02 Å². The Morgan fingerprint density at radius 3 is 2.74 bits per heavy atom. The van der Waals surface area contributed by atoms with Crippen LogP contribution < -0.4 is 0 Å². The van der Waals surface area contributed by atoms with E-state index in [0.717, 1.165) is 0 Å². The molecule has 0 fully saturated rings. The van der Waals surface area contributed by atoms with Gasteiger partial charge in [0.1, 0.15) is 5.82 Å². The highest BCUT2D eigenvalue weighted by atomic mass is 35.5. The molecule has 3 aromatic heterocycles. The van der Waals surface area contributed by atoms with Crippen molar-refractivity contribution in [1.29, 1.82) is 0 Å². The van der Waals surface area contributed by atoms with Gasteiger partial charge in [0.15, 0.2) is 11.5 Å². The van der Waals surface area contributed by atoms with Crippen LogP contribution in [0.1, 0.15) is 5.69 Å². The Balaban J connectivity index is 2.15. The molecule has 0 saturated carbocycles. The largest absolute Gasteiger partial charge is 0.237 e. The van der Waals surface area contributed by atoms with E-state index in [4.69, 9.17) is 23.2 Å². The maximum atomic E-state index is 13.8. The number of hydrogen-bond donors (Lipinski definition) is 0. The number of fused-ring (bicyclic) bond motifs is 2. The molecule has 0 N–H and O–H groups in total. The van der Waals surface area contributed by atoms with Crippen LogP contribution >= 0.6 is 23.2 Å². The van der Waals surface area contributed by atoms with E-state index >= 15 is 0 Å². The number of nitrogens with zero attached hydrogens (tertiary/aromatic N) is 4. The summed E-state index contributed by atoms with van der Waals surface area (Å²) in [6, 6.07) is 8.24. The van der Waals surface area contributed by atoms with Crippen molar-refractivity contribution in [3.05, 3.63) is 58.1 Å². The lowest BCUT2D eigenvalue weighted by Crippen LogP contribution is -2.00. The molecule has 4 aromatic rings. The molecule has 0 spiro atoms. The van der Waals surface area contributed by atoms with E-state index in [1.54, 1.807) is 10.9 Å². The first-order valence-electron chi connectivity index (χ1n) is 6.81. The zero-order chi connectivity index (χ0) is 16.1. The molecular formula is C16H9Cl2FN4. The lowest BCUT2D eigenvalue weighted by molar-refractivity contribution is 0.630. The summed E-state index contributed by atoms with van der Waals surface area (Å²) in [6.45, 7) is 1.84. The highest BCUT2D eigenvalue weighted by Crippen LogP contribution is 2.35. The van der Waals surface area contributed by atoms with Crippen LogP contribution in [0, 0.1) is 12.7 Å². The van der Waals surface area contributed by atoms with Crippen molar-refractivity contribution >= 4 is 45.1 Å². The summed E-state index contributed by atoms with van der Waals surface area (Å²) in [5, 5.41) is 6.22. The number of halogens is 3. The van der Waals surface area contributed by atoms with E-state index < -0.39 is 5.82 Å². The molecule has 4 rings (SSSR count). The van der Waals surface area contributed by atoms with Crippen LogP contribution in [-0.2, 0) is 0 Å². The van der Waals surface area contributed by atoms with E-state index in [0.29, 0.717) is 38.5 Å². The molecule has 0 unspecified atom stereocenters. The summed E-state index contributed by atoms with van der Waals surface area (Å²) in [6.07, 6.45) is 1.67. The molecule has 7 heteroatoms. The Morgan fingerprint density at radius 1 is 1.17 bits per heavy atom. The Hall–Kier alpha value is -2.24. The molecule has 114 valence electrons. The number of rotatable bonds is 1. The molecule has 23 heavy (non-hydrogen) atoms. The Morgan fingerprint density at radius 2 is 2.00 bits per heavy atom. The van der Waals surface area contributed by atoms with Crippen LogP contribution in [0.3, 0.4) is 0 Å². The van der Waals surface area contributed by atoms with Crippen LogP contribution in [-0.4, -0.2) is 19.7 Å². The van der Waals surface area contributed by atoms with Gasteiger partial charge in [0.2, 0.25) is 0 Å². The summed E-state index contributed by atoms with van der Waals surface area (Å²) in [7, 11) is 0. The fourth-order valence-corrected chi connectivity index (χ4v) is 3.10. The topological polar surface area (TPSA) is 43.6 Å². The van der Waals surface area contributed by atoms with Gasteiger partial charge in [0.25, 0.3) is 0 Å². The molecule has 0 radical (unpaired) electrons. The molecule has 4 nitrogen and oxygen atoms in total. The Kier molecular flexibility index (Phi) is 3.21. The molecule has 3 heterocycles. The normalized spacial score (nSPS) is 11.5. The molecule has 0 aliphatic carbocycles. The third-order valence-corrected chi connectivity index (χ3v) is 4.31. The molecule has 0 aliphatic heterocycles. The predicted molar refractivity (Wildman–Crippen MR) is 88.9 cm³/mol. The third-order valence-electron chi connectivity index (χ3n) is 3.62. The van der Waals surface area contributed by atoms with Crippen molar-refractivity contribution in [2.24, 2.45) is 0 Å². The van der Waals surface area contributed by atoms with Gasteiger partial charge in [-0.1, -0.05) is 29.3 Å². The Bertz CT molecular complexity index is 1060. The number of aryl methyl sites for hydroxylation is 1. The van der Waals surface area contributed by atoms with Crippen molar-refractivity contribution in [2.45, 2.75) is 6.92 Å². The first-order valence-corrected chi connectivity index (χ1v) is 7.57. The van der Waals surface area contributed by atoms with Gasteiger partial charge in [0.05, 0.1) is 26.6 Å². The van der Waals surface area contributed by atoms with E-state index in [2.05, 4.69) is 15.1 Å². The second-order valence-electron chi connectivity index (χ2n) is 5.09. The van der Waals surface area contributed by atoms with Gasteiger partial charge in [-0.25, -0.2) is 14.4 Å². The lowest BCUT2D eigenvalue weighted by atomic mass is 10.1. The van der Waals surface area contributed by atoms with Gasteiger partial charge in [-0.05, 0) is 25.1 Å². The third kappa shape index (κ3) is 2.16. The van der Waals surface area contributed by atoms with Crippen LogP contribution in [0.15, 0.2) is 36.5 Å².